The highest BCUT2D eigenvalue weighted by Crippen LogP contribution is 2.39. The van der Waals surface area contributed by atoms with Crippen LogP contribution in [0.2, 0.25) is 0 Å². The molecule has 0 atom stereocenters. The van der Waals surface area contributed by atoms with Crippen molar-refractivity contribution in [3.05, 3.63) is 60.2 Å². The van der Waals surface area contributed by atoms with E-state index in [1.54, 1.807) is 0 Å². The summed E-state index contributed by atoms with van der Waals surface area (Å²) in [5.74, 6) is 1.20. The molecule has 19 heavy (non-hydrogen) atoms. The van der Waals surface area contributed by atoms with Crippen molar-refractivity contribution in [1.82, 2.24) is 0 Å². The first-order valence-corrected chi connectivity index (χ1v) is 9.62. The van der Waals surface area contributed by atoms with E-state index in [0.717, 1.165) is 0 Å². The summed E-state index contributed by atoms with van der Waals surface area (Å²) in [5.41, 5.74) is 1.46. The summed E-state index contributed by atoms with van der Waals surface area (Å²) in [6.45, 7) is 0. The van der Waals surface area contributed by atoms with Gasteiger partial charge in [0.05, 0.1) is 0 Å². The molecular weight excluding hydrogens is 248 g/mol. The predicted octanol–water partition coefficient (Wildman–Crippen LogP) is 5.19. The molecule has 0 unspecified atom stereocenters. The summed E-state index contributed by atoms with van der Waals surface area (Å²) in [5, 5.41) is 5.41. The molecule has 0 spiro atoms. The average molecular weight is 268 g/mol. The van der Waals surface area contributed by atoms with Crippen molar-refractivity contribution in [1.29, 1.82) is 0 Å². The molecular formula is C18H20S. The van der Waals surface area contributed by atoms with E-state index in [9.17, 15) is 0 Å². The molecule has 0 saturated heterocycles. The molecule has 0 N–H and O–H groups in total. The second kappa shape index (κ2) is 4.57. The van der Waals surface area contributed by atoms with Crippen molar-refractivity contribution in [2.75, 3.05) is 18.8 Å². The maximum absolute atomic E-state index is 2.37. The van der Waals surface area contributed by atoms with Crippen LogP contribution in [0.5, 0.6) is 0 Å². The van der Waals surface area contributed by atoms with Crippen molar-refractivity contribution < 1.29 is 0 Å². The topological polar surface area (TPSA) is 0 Å². The zero-order valence-electron chi connectivity index (χ0n) is 11.8. The van der Waals surface area contributed by atoms with E-state index in [0.29, 0.717) is 0 Å². The van der Waals surface area contributed by atoms with E-state index in [-0.39, 0.29) is 0 Å². The smallest absolute Gasteiger partial charge is 0.00179 e. The maximum Gasteiger partial charge on any atom is 0.00179 e. The summed E-state index contributed by atoms with van der Waals surface area (Å²) in [6.07, 6.45) is 7.12. The third-order valence-corrected chi connectivity index (χ3v) is 4.61. The van der Waals surface area contributed by atoms with E-state index in [1.807, 2.05) is 0 Å². The van der Waals surface area contributed by atoms with Crippen molar-refractivity contribution in [2.45, 2.75) is 5.75 Å². The largest absolute Gasteiger partial charge is 0.246 e. The van der Waals surface area contributed by atoms with Gasteiger partial charge in [-0.05, 0) is 45.9 Å². The van der Waals surface area contributed by atoms with Gasteiger partial charge >= 0.3 is 0 Å². The molecule has 0 bridgehead atoms. The van der Waals surface area contributed by atoms with Gasteiger partial charge in [-0.25, -0.2) is 10.0 Å². The zero-order chi connectivity index (χ0) is 13.5. The van der Waals surface area contributed by atoms with Gasteiger partial charge in [-0.3, -0.25) is 0 Å². The molecule has 3 rings (SSSR count). The van der Waals surface area contributed by atoms with Gasteiger partial charge in [0.1, 0.15) is 0 Å². The molecule has 0 aliphatic rings. The Morgan fingerprint density at radius 1 is 0.737 bits per heavy atom. The van der Waals surface area contributed by atoms with Gasteiger partial charge in [0.2, 0.25) is 0 Å². The van der Waals surface area contributed by atoms with Gasteiger partial charge in [-0.2, -0.15) is 0 Å². The van der Waals surface area contributed by atoms with Crippen LogP contribution in [0.1, 0.15) is 5.56 Å². The summed E-state index contributed by atoms with van der Waals surface area (Å²) in [7, 11) is -0.488. The number of hydrogen-bond donors (Lipinski definition) is 0. The Labute approximate surface area is 116 Å². The van der Waals surface area contributed by atoms with Crippen molar-refractivity contribution in [3.63, 3.8) is 0 Å². The van der Waals surface area contributed by atoms with Crippen LogP contribution in [-0.2, 0) is 5.75 Å². The Morgan fingerprint density at radius 2 is 1.42 bits per heavy atom. The Balaban J connectivity index is 2.17. The molecule has 3 aromatic rings. The quantitative estimate of drug-likeness (QED) is 0.561. The highest BCUT2D eigenvalue weighted by molar-refractivity contribution is 8.31. The summed E-state index contributed by atoms with van der Waals surface area (Å²) in [4.78, 5) is 0. The van der Waals surface area contributed by atoms with Crippen LogP contribution >= 0.6 is 10.0 Å². The average Bonchev–Trinajstić information content (AvgIpc) is 2.36. The first-order valence-electron chi connectivity index (χ1n) is 6.59. The monoisotopic (exact) mass is 268 g/mol. The Kier molecular flexibility index (Phi) is 3.02. The third-order valence-electron chi connectivity index (χ3n) is 3.41. The molecule has 1 heteroatoms. The summed E-state index contributed by atoms with van der Waals surface area (Å²) >= 11 is 0. The first kappa shape index (κ1) is 12.6. The Bertz CT molecular complexity index is 735. The van der Waals surface area contributed by atoms with Crippen LogP contribution in [0.4, 0.5) is 0 Å². The second-order valence-corrected chi connectivity index (χ2v) is 10.5. The Hall–Kier alpha value is -1.47. The Morgan fingerprint density at radius 3 is 2.21 bits per heavy atom. The van der Waals surface area contributed by atoms with E-state index in [1.165, 1.54) is 32.9 Å². The maximum atomic E-state index is 2.37. The standard InChI is InChI=1S/C18H20S/c1-19(2,3)13-14-8-11-18-16(12-14)10-9-15-6-4-5-7-17(15)18/h4-12H,13H2,1-3H3. The molecule has 0 heterocycles. The normalized spacial score (nSPS) is 13.0. The van der Waals surface area contributed by atoms with Gasteiger partial charge in [0, 0.05) is 5.75 Å². The van der Waals surface area contributed by atoms with Crippen LogP contribution < -0.4 is 0 Å². The first-order chi connectivity index (χ1) is 9.03. The molecule has 0 saturated carbocycles. The minimum atomic E-state index is -0.488. The fourth-order valence-electron chi connectivity index (χ4n) is 2.65. The lowest BCUT2D eigenvalue weighted by atomic mass is 10.0. The van der Waals surface area contributed by atoms with E-state index in [2.05, 4.69) is 73.4 Å². The van der Waals surface area contributed by atoms with Crippen LogP contribution in [0.25, 0.3) is 21.5 Å². The van der Waals surface area contributed by atoms with Gasteiger partial charge in [-0.15, -0.1) is 0 Å². The van der Waals surface area contributed by atoms with Crippen molar-refractivity contribution in [2.24, 2.45) is 0 Å². The van der Waals surface area contributed by atoms with Gasteiger partial charge in [0.15, 0.2) is 0 Å². The lowest BCUT2D eigenvalue weighted by Crippen LogP contribution is -1.96. The molecule has 0 nitrogen and oxygen atoms in total. The van der Waals surface area contributed by atoms with E-state index in [4.69, 9.17) is 0 Å². The van der Waals surface area contributed by atoms with E-state index >= 15 is 0 Å². The minimum Gasteiger partial charge on any atom is -0.246 e. The molecule has 0 aliphatic carbocycles. The third kappa shape index (κ3) is 2.62. The summed E-state index contributed by atoms with van der Waals surface area (Å²) < 4.78 is 0. The predicted molar refractivity (Wildman–Crippen MR) is 90.5 cm³/mol. The van der Waals surface area contributed by atoms with E-state index < -0.39 is 10.0 Å². The number of benzene rings is 3. The van der Waals surface area contributed by atoms with Gasteiger partial charge < -0.3 is 0 Å². The van der Waals surface area contributed by atoms with Crippen LogP contribution in [0.3, 0.4) is 0 Å². The molecule has 0 aliphatic heterocycles. The summed E-state index contributed by atoms with van der Waals surface area (Å²) in [6, 6.07) is 20.0. The van der Waals surface area contributed by atoms with Crippen LogP contribution in [0, 0.1) is 0 Å². The number of hydrogen-bond acceptors (Lipinski definition) is 0. The van der Waals surface area contributed by atoms with Gasteiger partial charge in [-0.1, -0.05) is 54.6 Å². The second-order valence-electron chi connectivity index (χ2n) is 6.08. The van der Waals surface area contributed by atoms with Crippen molar-refractivity contribution in [3.8, 4) is 0 Å². The minimum absolute atomic E-state index is 0.488. The number of fused-ring (bicyclic) bond motifs is 3. The highest BCUT2D eigenvalue weighted by Gasteiger charge is 2.07. The number of rotatable bonds is 2. The lowest BCUT2D eigenvalue weighted by Gasteiger charge is -2.25. The molecule has 0 aromatic heterocycles. The molecule has 0 fully saturated rings. The molecule has 0 radical (unpaired) electrons. The molecule has 3 aromatic carbocycles. The van der Waals surface area contributed by atoms with Crippen molar-refractivity contribution >= 4 is 31.6 Å². The highest BCUT2D eigenvalue weighted by atomic mass is 32.3. The van der Waals surface area contributed by atoms with Crippen LogP contribution in [-0.4, -0.2) is 18.8 Å². The molecule has 98 valence electrons. The van der Waals surface area contributed by atoms with Gasteiger partial charge in [0.25, 0.3) is 0 Å². The lowest BCUT2D eigenvalue weighted by molar-refractivity contribution is 1.42. The molecule has 0 amide bonds. The van der Waals surface area contributed by atoms with Crippen LogP contribution in [0.15, 0.2) is 54.6 Å². The SMILES string of the molecule is CS(C)(C)Cc1ccc2c(ccc3ccccc32)c1. The fraction of sp³-hybridized carbons (Fsp3) is 0.222. The fourth-order valence-corrected chi connectivity index (χ4v) is 3.83. The zero-order valence-corrected chi connectivity index (χ0v) is 12.6.